The molecule has 1 fully saturated rings. The fourth-order valence-corrected chi connectivity index (χ4v) is 2.48. The first kappa shape index (κ1) is 14.0. The number of hydrogen-bond acceptors (Lipinski definition) is 2. The highest BCUT2D eigenvalue weighted by atomic mass is 15.2. The van der Waals surface area contributed by atoms with Crippen molar-refractivity contribution < 1.29 is 0 Å². The molecule has 0 bridgehead atoms. The molecule has 1 aliphatic rings. The Labute approximate surface area is 102 Å². The third-order valence-electron chi connectivity index (χ3n) is 3.70. The predicted octanol–water partition coefficient (Wildman–Crippen LogP) is 2.89. The van der Waals surface area contributed by atoms with E-state index in [-0.39, 0.29) is 0 Å². The molecule has 2 atom stereocenters. The molecule has 2 nitrogen and oxygen atoms in total. The number of rotatable bonds is 5. The van der Waals surface area contributed by atoms with Crippen molar-refractivity contribution in [3.8, 4) is 0 Å². The molecule has 1 rings (SSSR count). The maximum Gasteiger partial charge on any atom is 0.0195 e. The minimum Gasteiger partial charge on any atom is -0.313 e. The second kappa shape index (κ2) is 7.29. The summed E-state index contributed by atoms with van der Waals surface area (Å²) in [6.45, 7) is 13.0. The van der Waals surface area contributed by atoms with E-state index in [1.807, 2.05) is 0 Å². The van der Waals surface area contributed by atoms with Crippen LogP contribution in [0.15, 0.2) is 0 Å². The Balaban J connectivity index is 2.42. The predicted molar refractivity (Wildman–Crippen MR) is 71.8 cm³/mol. The zero-order valence-electron chi connectivity index (χ0n) is 11.6. The normalized spacial score (nSPS) is 28.3. The molecule has 0 radical (unpaired) electrons. The summed E-state index contributed by atoms with van der Waals surface area (Å²) < 4.78 is 0. The topological polar surface area (TPSA) is 15.3 Å². The molecule has 2 heteroatoms. The average molecular weight is 226 g/mol. The maximum absolute atomic E-state index is 3.69. The van der Waals surface area contributed by atoms with Crippen LogP contribution < -0.4 is 5.32 Å². The first-order valence-corrected chi connectivity index (χ1v) is 7.11. The van der Waals surface area contributed by atoms with E-state index in [1.165, 1.54) is 45.3 Å². The molecule has 1 N–H and O–H groups in total. The van der Waals surface area contributed by atoms with Gasteiger partial charge in [0.15, 0.2) is 0 Å². The van der Waals surface area contributed by atoms with E-state index in [9.17, 15) is 0 Å². The molecule has 0 amide bonds. The van der Waals surface area contributed by atoms with Gasteiger partial charge in [0.25, 0.3) is 0 Å². The molecule has 0 saturated carbocycles. The third kappa shape index (κ3) is 4.84. The highest BCUT2D eigenvalue weighted by molar-refractivity contribution is 4.80. The number of nitrogens with zero attached hydrogens (tertiary/aromatic N) is 1. The Bertz CT molecular complexity index is 180. The van der Waals surface area contributed by atoms with Gasteiger partial charge < -0.3 is 5.32 Å². The molecular formula is C14H30N2. The lowest BCUT2D eigenvalue weighted by molar-refractivity contribution is 0.191. The summed E-state index contributed by atoms with van der Waals surface area (Å²) in [5.74, 6) is 0.827. The van der Waals surface area contributed by atoms with Crippen LogP contribution in [0.4, 0.5) is 0 Å². The van der Waals surface area contributed by atoms with Gasteiger partial charge in [-0.25, -0.2) is 0 Å². The molecule has 0 aromatic rings. The van der Waals surface area contributed by atoms with E-state index in [1.54, 1.807) is 0 Å². The zero-order valence-corrected chi connectivity index (χ0v) is 11.6. The van der Waals surface area contributed by atoms with Gasteiger partial charge in [0, 0.05) is 18.6 Å². The Hall–Kier alpha value is -0.0800. The van der Waals surface area contributed by atoms with Gasteiger partial charge in [0.1, 0.15) is 0 Å². The first-order chi connectivity index (χ1) is 7.63. The van der Waals surface area contributed by atoms with E-state index in [2.05, 4.69) is 37.9 Å². The molecule has 96 valence electrons. The van der Waals surface area contributed by atoms with Crippen molar-refractivity contribution >= 4 is 0 Å². The van der Waals surface area contributed by atoms with E-state index in [0.717, 1.165) is 18.0 Å². The summed E-state index contributed by atoms with van der Waals surface area (Å²) in [5.41, 5.74) is 0. The fourth-order valence-electron chi connectivity index (χ4n) is 2.48. The molecular weight excluding hydrogens is 196 g/mol. The number of nitrogens with one attached hydrogen (secondary N) is 1. The quantitative estimate of drug-likeness (QED) is 0.775. The molecule has 0 spiro atoms. The van der Waals surface area contributed by atoms with Crippen molar-refractivity contribution in [3.05, 3.63) is 0 Å². The van der Waals surface area contributed by atoms with E-state index >= 15 is 0 Å². The lowest BCUT2D eigenvalue weighted by Gasteiger charge is -2.29. The Morgan fingerprint density at radius 2 is 2.12 bits per heavy atom. The second-order valence-electron chi connectivity index (χ2n) is 5.75. The van der Waals surface area contributed by atoms with Crippen LogP contribution in [0.25, 0.3) is 0 Å². The summed E-state index contributed by atoms with van der Waals surface area (Å²) >= 11 is 0. The van der Waals surface area contributed by atoms with Gasteiger partial charge in [-0.2, -0.15) is 0 Å². The second-order valence-corrected chi connectivity index (χ2v) is 5.75. The van der Waals surface area contributed by atoms with Crippen LogP contribution in [0, 0.1) is 5.92 Å². The summed E-state index contributed by atoms with van der Waals surface area (Å²) in [6, 6.07) is 1.48. The highest BCUT2D eigenvalue weighted by Crippen LogP contribution is 2.13. The largest absolute Gasteiger partial charge is 0.313 e. The van der Waals surface area contributed by atoms with Crippen LogP contribution >= 0.6 is 0 Å². The molecule has 0 aliphatic carbocycles. The van der Waals surface area contributed by atoms with Gasteiger partial charge in [-0.05, 0) is 45.2 Å². The summed E-state index contributed by atoms with van der Waals surface area (Å²) in [7, 11) is 0. The molecule has 0 aromatic carbocycles. The van der Waals surface area contributed by atoms with Gasteiger partial charge >= 0.3 is 0 Å². The minimum atomic E-state index is 0.724. The Morgan fingerprint density at radius 1 is 1.38 bits per heavy atom. The van der Waals surface area contributed by atoms with E-state index < -0.39 is 0 Å². The van der Waals surface area contributed by atoms with Crippen molar-refractivity contribution in [2.24, 2.45) is 5.92 Å². The van der Waals surface area contributed by atoms with Crippen molar-refractivity contribution in [2.45, 2.75) is 65.5 Å². The van der Waals surface area contributed by atoms with Crippen molar-refractivity contribution in [3.63, 3.8) is 0 Å². The highest BCUT2D eigenvalue weighted by Gasteiger charge is 2.21. The third-order valence-corrected chi connectivity index (χ3v) is 3.70. The van der Waals surface area contributed by atoms with Crippen LogP contribution in [0.3, 0.4) is 0 Å². The minimum absolute atomic E-state index is 0.724. The van der Waals surface area contributed by atoms with Gasteiger partial charge in [-0.15, -0.1) is 0 Å². The molecule has 2 unspecified atom stereocenters. The first-order valence-electron chi connectivity index (χ1n) is 7.11. The SMILES string of the molecule is CCCC1CN(CCC(C)C)C(C)CCN1. The smallest absolute Gasteiger partial charge is 0.0195 e. The van der Waals surface area contributed by atoms with Gasteiger partial charge in [0.05, 0.1) is 0 Å². The van der Waals surface area contributed by atoms with Crippen LogP contribution in [0.1, 0.15) is 53.4 Å². The van der Waals surface area contributed by atoms with Crippen LogP contribution in [-0.4, -0.2) is 36.6 Å². The molecule has 1 saturated heterocycles. The zero-order chi connectivity index (χ0) is 12.0. The van der Waals surface area contributed by atoms with Crippen LogP contribution in [-0.2, 0) is 0 Å². The van der Waals surface area contributed by atoms with E-state index in [4.69, 9.17) is 0 Å². The molecule has 16 heavy (non-hydrogen) atoms. The average Bonchev–Trinajstić information content (AvgIpc) is 2.39. The van der Waals surface area contributed by atoms with Crippen molar-refractivity contribution in [2.75, 3.05) is 19.6 Å². The van der Waals surface area contributed by atoms with Gasteiger partial charge in [-0.3, -0.25) is 4.90 Å². The van der Waals surface area contributed by atoms with Crippen molar-refractivity contribution in [1.82, 2.24) is 10.2 Å². The summed E-state index contributed by atoms with van der Waals surface area (Å²) in [6.07, 6.45) is 5.26. The standard InChI is InChI=1S/C14H30N2/c1-5-6-14-11-16(10-8-12(2)3)13(4)7-9-15-14/h12-15H,5-11H2,1-4H3. The molecule has 1 heterocycles. The Kier molecular flexibility index (Phi) is 6.37. The van der Waals surface area contributed by atoms with Crippen LogP contribution in [0.5, 0.6) is 0 Å². The van der Waals surface area contributed by atoms with E-state index in [0.29, 0.717) is 0 Å². The number of hydrogen-bond donors (Lipinski definition) is 1. The summed E-state index contributed by atoms with van der Waals surface area (Å²) in [5, 5.41) is 3.69. The molecule has 0 aromatic heterocycles. The molecule has 1 aliphatic heterocycles. The lowest BCUT2D eigenvalue weighted by Crippen LogP contribution is -2.40. The van der Waals surface area contributed by atoms with Gasteiger partial charge in [-0.1, -0.05) is 27.2 Å². The van der Waals surface area contributed by atoms with Crippen LogP contribution in [0.2, 0.25) is 0 Å². The van der Waals surface area contributed by atoms with Crippen molar-refractivity contribution in [1.29, 1.82) is 0 Å². The summed E-state index contributed by atoms with van der Waals surface area (Å²) in [4.78, 5) is 2.69. The monoisotopic (exact) mass is 226 g/mol. The fraction of sp³-hybridized carbons (Fsp3) is 1.00. The lowest BCUT2D eigenvalue weighted by atomic mass is 10.1. The van der Waals surface area contributed by atoms with Gasteiger partial charge in [0.2, 0.25) is 0 Å². The maximum atomic E-state index is 3.69. The Morgan fingerprint density at radius 3 is 2.75 bits per heavy atom.